The van der Waals surface area contributed by atoms with E-state index in [-0.39, 0.29) is 0 Å². The van der Waals surface area contributed by atoms with E-state index in [1.165, 1.54) is 0 Å². The van der Waals surface area contributed by atoms with Crippen molar-refractivity contribution in [2.75, 3.05) is 36.5 Å². The van der Waals surface area contributed by atoms with Crippen LogP contribution in [-0.2, 0) is 9.53 Å². The monoisotopic (exact) mass is 446 g/mol. The lowest BCUT2D eigenvalue weighted by Crippen LogP contribution is -2.36. The van der Waals surface area contributed by atoms with Crippen molar-refractivity contribution in [2.24, 2.45) is 0 Å². The van der Waals surface area contributed by atoms with Crippen molar-refractivity contribution >= 4 is 41.2 Å². The molecule has 6 nitrogen and oxygen atoms in total. The first-order valence-corrected chi connectivity index (χ1v) is 11.0. The minimum absolute atomic E-state index is 0.474. The molecule has 1 atom stereocenters. The third-order valence-corrected chi connectivity index (χ3v) is 6.06. The molecule has 3 aromatic rings. The summed E-state index contributed by atoms with van der Waals surface area (Å²) in [5, 5.41) is 7.16. The highest BCUT2D eigenvalue weighted by Crippen LogP contribution is 2.36. The van der Waals surface area contributed by atoms with Gasteiger partial charge in [0.05, 0.1) is 18.9 Å². The van der Waals surface area contributed by atoms with Crippen LogP contribution >= 0.6 is 11.6 Å². The summed E-state index contributed by atoms with van der Waals surface area (Å²) in [5.41, 5.74) is 5.39. The van der Waals surface area contributed by atoms with Gasteiger partial charge in [-0.1, -0.05) is 29.8 Å². The van der Waals surface area contributed by atoms with Gasteiger partial charge in [0, 0.05) is 40.6 Å². The van der Waals surface area contributed by atoms with Crippen LogP contribution in [0.5, 0.6) is 0 Å². The number of fused-ring (bicyclic) bond motifs is 1. The predicted octanol–water partition coefficient (Wildman–Crippen LogP) is 4.80. The van der Waals surface area contributed by atoms with Gasteiger partial charge in [0.15, 0.2) is 0 Å². The van der Waals surface area contributed by atoms with Crippen LogP contribution in [-0.4, -0.2) is 37.6 Å². The number of ether oxygens (including phenoxy) is 1. The molecular formula is C25H23ClN4O2. The molecule has 2 aliphatic heterocycles. The number of aromatic nitrogens is 1. The smallest absolute Gasteiger partial charge is 0.146 e. The van der Waals surface area contributed by atoms with Gasteiger partial charge in [0.25, 0.3) is 0 Å². The molecule has 3 heterocycles. The average Bonchev–Trinajstić information content (AvgIpc) is 2.85. The maximum atomic E-state index is 11.8. The van der Waals surface area contributed by atoms with Gasteiger partial charge in [-0.15, -0.1) is 0 Å². The molecule has 0 spiro atoms. The third-order valence-electron chi connectivity index (χ3n) is 5.73. The highest BCUT2D eigenvalue weighted by atomic mass is 35.5. The fraction of sp³-hybridized carbons (Fsp3) is 0.200. The second-order valence-corrected chi connectivity index (χ2v) is 8.13. The summed E-state index contributed by atoms with van der Waals surface area (Å²) >= 11 is 6.44. The lowest BCUT2D eigenvalue weighted by atomic mass is 9.97. The molecule has 0 radical (unpaired) electrons. The average molecular weight is 447 g/mol. The molecule has 2 aromatic carbocycles. The van der Waals surface area contributed by atoms with E-state index in [2.05, 4.69) is 27.7 Å². The van der Waals surface area contributed by atoms with Gasteiger partial charge in [-0.25, -0.2) is 4.98 Å². The molecule has 1 aromatic heterocycles. The SMILES string of the molecule is O=CC1NC=Cc2cc(-c3ccccc3Cl)nc(Nc3ccc(N4CCOCC4)cc3)c21. The van der Waals surface area contributed by atoms with Crippen molar-refractivity contribution in [3.63, 3.8) is 0 Å². The molecule has 2 aliphatic rings. The number of pyridine rings is 1. The van der Waals surface area contributed by atoms with Crippen LogP contribution in [0.2, 0.25) is 5.02 Å². The van der Waals surface area contributed by atoms with Crippen molar-refractivity contribution in [2.45, 2.75) is 6.04 Å². The van der Waals surface area contributed by atoms with E-state index in [4.69, 9.17) is 21.3 Å². The summed E-state index contributed by atoms with van der Waals surface area (Å²) < 4.78 is 5.44. The fourth-order valence-electron chi connectivity index (χ4n) is 4.09. The maximum absolute atomic E-state index is 11.8. The Morgan fingerprint density at radius 2 is 1.91 bits per heavy atom. The van der Waals surface area contributed by atoms with Gasteiger partial charge in [-0.3, -0.25) is 0 Å². The normalized spacial score (nSPS) is 17.4. The Labute approximate surface area is 191 Å². The summed E-state index contributed by atoms with van der Waals surface area (Å²) in [6.45, 7) is 3.28. The van der Waals surface area contributed by atoms with E-state index in [0.29, 0.717) is 10.8 Å². The molecule has 162 valence electrons. The number of aldehydes is 1. The highest BCUT2D eigenvalue weighted by Gasteiger charge is 2.23. The summed E-state index contributed by atoms with van der Waals surface area (Å²) in [4.78, 5) is 18.9. The van der Waals surface area contributed by atoms with Gasteiger partial charge >= 0.3 is 0 Å². The molecule has 0 bridgehead atoms. The first-order valence-electron chi connectivity index (χ1n) is 10.6. The number of hydrogen-bond acceptors (Lipinski definition) is 6. The topological polar surface area (TPSA) is 66.5 Å². The lowest BCUT2D eigenvalue weighted by Gasteiger charge is -2.29. The summed E-state index contributed by atoms with van der Waals surface area (Å²) in [5.74, 6) is 0.630. The molecule has 1 fully saturated rings. The maximum Gasteiger partial charge on any atom is 0.146 e. The van der Waals surface area contributed by atoms with Gasteiger partial charge in [-0.05, 0) is 54.2 Å². The van der Waals surface area contributed by atoms with E-state index < -0.39 is 6.04 Å². The number of rotatable bonds is 5. The second kappa shape index (κ2) is 9.02. The quantitative estimate of drug-likeness (QED) is 0.549. The lowest BCUT2D eigenvalue weighted by molar-refractivity contribution is -0.109. The summed E-state index contributed by atoms with van der Waals surface area (Å²) in [7, 11) is 0. The summed E-state index contributed by atoms with van der Waals surface area (Å²) in [6.07, 6.45) is 4.63. The van der Waals surface area contributed by atoms with Crippen LogP contribution in [0, 0.1) is 0 Å². The molecule has 0 amide bonds. The van der Waals surface area contributed by atoms with Crippen molar-refractivity contribution < 1.29 is 9.53 Å². The van der Waals surface area contributed by atoms with Crippen LogP contribution in [0.4, 0.5) is 17.2 Å². The van der Waals surface area contributed by atoms with Crippen molar-refractivity contribution in [1.29, 1.82) is 0 Å². The Balaban J connectivity index is 1.52. The third kappa shape index (κ3) is 4.07. The number of nitrogens with zero attached hydrogens (tertiary/aromatic N) is 2. The Hall–Kier alpha value is -3.35. The summed E-state index contributed by atoms with van der Waals surface area (Å²) in [6, 6.07) is 17.4. The van der Waals surface area contributed by atoms with Gasteiger partial charge in [-0.2, -0.15) is 0 Å². The molecule has 5 rings (SSSR count). The molecule has 0 saturated carbocycles. The second-order valence-electron chi connectivity index (χ2n) is 7.72. The van der Waals surface area contributed by atoms with E-state index in [1.807, 2.05) is 48.5 Å². The van der Waals surface area contributed by atoms with E-state index in [9.17, 15) is 4.79 Å². The molecule has 1 unspecified atom stereocenters. The number of benzene rings is 2. The Bertz CT molecular complexity index is 1160. The molecule has 1 saturated heterocycles. The van der Waals surface area contributed by atoms with E-state index in [1.54, 1.807) is 6.20 Å². The van der Waals surface area contributed by atoms with Gasteiger partial charge in [0.1, 0.15) is 18.1 Å². The van der Waals surface area contributed by atoms with Gasteiger partial charge < -0.3 is 25.1 Å². The number of carbonyl (C=O) groups is 1. The van der Waals surface area contributed by atoms with Crippen LogP contribution in [0.3, 0.4) is 0 Å². The van der Waals surface area contributed by atoms with E-state index in [0.717, 1.165) is 66.3 Å². The number of anilines is 3. The zero-order chi connectivity index (χ0) is 21.9. The van der Waals surface area contributed by atoms with Crippen molar-refractivity contribution in [3.8, 4) is 11.3 Å². The molecule has 7 heteroatoms. The number of carbonyl (C=O) groups excluding carboxylic acids is 1. The zero-order valence-corrected chi connectivity index (χ0v) is 18.2. The molecule has 0 aliphatic carbocycles. The molecule has 2 N–H and O–H groups in total. The van der Waals surface area contributed by atoms with Crippen LogP contribution in [0.15, 0.2) is 60.8 Å². The highest BCUT2D eigenvalue weighted by molar-refractivity contribution is 6.33. The van der Waals surface area contributed by atoms with Crippen LogP contribution in [0.25, 0.3) is 17.3 Å². The predicted molar refractivity (Wildman–Crippen MR) is 128 cm³/mol. The minimum Gasteiger partial charge on any atom is -0.378 e. The fourth-order valence-corrected chi connectivity index (χ4v) is 4.32. The first-order chi connectivity index (χ1) is 15.7. The van der Waals surface area contributed by atoms with Crippen molar-refractivity contribution in [3.05, 3.63) is 76.9 Å². The molecular weight excluding hydrogens is 424 g/mol. The number of morpholine rings is 1. The zero-order valence-electron chi connectivity index (χ0n) is 17.4. The van der Waals surface area contributed by atoms with E-state index >= 15 is 0 Å². The number of nitrogens with one attached hydrogen (secondary N) is 2. The van der Waals surface area contributed by atoms with Crippen molar-refractivity contribution in [1.82, 2.24) is 10.3 Å². The Morgan fingerprint density at radius 3 is 2.66 bits per heavy atom. The van der Waals surface area contributed by atoms with Crippen LogP contribution < -0.4 is 15.5 Å². The van der Waals surface area contributed by atoms with Crippen LogP contribution in [0.1, 0.15) is 17.2 Å². The van der Waals surface area contributed by atoms with Gasteiger partial charge in [0.2, 0.25) is 0 Å². The minimum atomic E-state index is -0.474. The Morgan fingerprint density at radius 1 is 1.12 bits per heavy atom. The largest absolute Gasteiger partial charge is 0.378 e. The number of hydrogen-bond donors (Lipinski definition) is 2. The Kier molecular flexibility index (Phi) is 5.79. The standard InChI is InChI=1S/C25H23ClN4O2/c26-21-4-2-1-3-20(21)22-15-17-9-10-27-23(16-31)24(17)25(29-22)28-18-5-7-19(8-6-18)30-11-13-32-14-12-30/h1-10,15-16,23,27H,11-14H2,(H,28,29). The molecule has 32 heavy (non-hydrogen) atoms. The number of halogens is 1. The first kappa shape index (κ1) is 20.5.